The smallest absolute Gasteiger partial charge is 0.251 e. The van der Waals surface area contributed by atoms with Gasteiger partial charge < -0.3 is 20.6 Å². The summed E-state index contributed by atoms with van der Waals surface area (Å²) in [7, 11) is 0. The summed E-state index contributed by atoms with van der Waals surface area (Å²) in [6.45, 7) is 1.69. The summed E-state index contributed by atoms with van der Waals surface area (Å²) >= 11 is 0. The van der Waals surface area contributed by atoms with Crippen LogP contribution < -0.4 is 5.32 Å². The van der Waals surface area contributed by atoms with E-state index in [0.717, 1.165) is 6.07 Å². The maximum Gasteiger partial charge on any atom is 0.251 e. The molecule has 5 nitrogen and oxygen atoms in total. The molecule has 0 aliphatic heterocycles. The second kappa shape index (κ2) is 5.37. The average Bonchev–Trinajstić information content (AvgIpc) is 2.24. The number of aromatic hydroxyl groups is 2. The third-order valence-electron chi connectivity index (χ3n) is 2.21. The van der Waals surface area contributed by atoms with Gasteiger partial charge in [-0.2, -0.15) is 0 Å². The summed E-state index contributed by atoms with van der Waals surface area (Å²) in [5, 5.41) is 29.9. The van der Waals surface area contributed by atoms with Gasteiger partial charge in [0.1, 0.15) is 11.5 Å². The van der Waals surface area contributed by atoms with E-state index in [1.165, 1.54) is 12.1 Å². The van der Waals surface area contributed by atoms with Crippen molar-refractivity contribution in [3.05, 3.63) is 23.8 Å². The van der Waals surface area contributed by atoms with E-state index in [4.69, 9.17) is 5.11 Å². The van der Waals surface area contributed by atoms with Gasteiger partial charge in [0.2, 0.25) is 0 Å². The predicted molar refractivity (Wildman–Crippen MR) is 58.4 cm³/mol. The molecule has 0 bridgehead atoms. The van der Waals surface area contributed by atoms with Crippen LogP contribution in [0.1, 0.15) is 23.7 Å². The number of hydrogen-bond acceptors (Lipinski definition) is 4. The predicted octanol–water partition coefficient (Wildman–Crippen LogP) is 0.599. The number of aliphatic hydroxyl groups is 1. The van der Waals surface area contributed by atoms with Crippen LogP contribution in [0.25, 0.3) is 0 Å². The van der Waals surface area contributed by atoms with Crippen molar-refractivity contribution in [1.82, 2.24) is 5.32 Å². The first-order valence-corrected chi connectivity index (χ1v) is 5.01. The van der Waals surface area contributed by atoms with Gasteiger partial charge in [-0.3, -0.25) is 4.79 Å². The van der Waals surface area contributed by atoms with Crippen molar-refractivity contribution in [1.29, 1.82) is 0 Å². The molecule has 0 aliphatic rings. The van der Waals surface area contributed by atoms with Crippen LogP contribution in [0.15, 0.2) is 18.2 Å². The van der Waals surface area contributed by atoms with Gasteiger partial charge in [0.05, 0.1) is 12.6 Å². The molecule has 4 N–H and O–H groups in total. The molecule has 1 rings (SSSR count). The van der Waals surface area contributed by atoms with E-state index >= 15 is 0 Å². The van der Waals surface area contributed by atoms with Crippen LogP contribution in [0, 0.1) is 0 Å². The maximum absolute atomic E-state index is 11.6. The summed E-state index contributed by atoms with van der Waals surface area (Å²) in [5.74, 6) is -0.795. The first-order valence-electron chi connectivity index (χ1n) is 5.01. The molecule has 16 heavy (non-hydrogen) atoms. The van der Waals surface area contributed by atoms with Crippen LogP contribution in [-0.2, 0) is 0 Å². The number of benzene rings is 1. The number of aliphatic hydroxyl groups excluding tert-OH is 1. The van der Waals surface area contributed by atoms with Crippen LogP contribution in [0.5, 0.6) is 11.5 Å². The van der Waals surface area contributed by atoms with E-state index in [2.05, 4.69) is 5.32 Å². The van der Waals surface area contributed by atoms with Crippen molar-refractivity contribution in [3.8, 4) is 11.5 Å². The van der Waals surface area contributed by atoms with E-state index in [1.54, 1.807) is 0 Å². The van der Waals surface area contributed by atoms with Crippen molar-refractivity contribution in [3.63, 3.8) is 0 Å². The highest BCUT2D eigenvalue weighted by molar-refractivity contribution is 5.95. The molecule has 1 aromatic rings. The highest BCUT2D eigenvalue weighted by Crippen LogP contribution is 2.20. The van der Waals surface area contributed by atoms with Crippen LogP contribution in [0.4, 0.5) is 0 Å². The zero-order valence-corrected chi connectivity index (χ0v) is 8.97. The number of nitrogens with one attached hydrogen (secondary N) is 1. The molecule has 1 aromatic carbocycles. The van der Waals surface area contributed by atoms with Crippen LogP contribution in [0.3, 0.4) is 0 Å². The van der Waals surface area contributed by atoms with Crippen LogP contribution in [0.2, 0.25) is 0 Å². The van der Waals surface area contributed by atoms with E-state index in [-0.39, 0.29) is 29.7 Å². The minimum absolute atomic E-state index is 0.146. The Morgan fingerprint density at radius 1 is 1.31 bits per heavy atom. The first kappa shape index (κ1) is 12.3. The molecule has 0 fully saturated rings. The molecule has 1 amide bonds. The standard InChI is InChI=1S/C11H15NO4/c1-2-8(6-13)12-11(16)7-3-9(14)5-10(15)4-7/h3-5,8,13-15H,2,6H2,1H3,(H,12,16)/t8-/m0/s1. The highest BCUT2D eigenvalue weighted by Gasteiger charge is 2.12. The summed E-state index contributed by atoms with van der Waals surface area (Å²) in [6.07, 6.45) is 0.604. The molecule has 0 aliphatic carbocycles. The zero-order chi connectivity index (χ0) is 12.1. The molecule has 5 heteroatoms. The van der Waals surface area contributed by atoms with Gasteiger partial charge in [-0.1, -0.05) is 6.92 Å². The molecule has 0 spiro atoms. The van der Waals surface area contributed by atoms with Crippen molar-refractivity contribution in [2.75, 3.05) is 6.61 Å². The van der Waals surface area contributed by atoms with Crippen molar-refractivity contribution >= 4 is 5.91 Å². The second-order valence-corrected chi connectivity index (χ2v) is 3.50. The van der Waals surface area contributed by atoms with E-state index in [9.17, 15) is 15.0 Å². The number of rotatable bonds is 4. The van der Waals surface area contributed by atoms with Gasteiger partial charge in [0.15, 0.2) is 0 Å². The minimum atomic E-state index is -0.438. The van der Waals surface area contributed by atoms with Gasteiger partial charge in [-0.05, 0) is 18.6 Å². The Kier molecular flexibility index (Phi) is 4.13. The Morgan fingerprint density at radius 3 is 2.31 bits per heavy atom. The Labute approximate surface area is 93.4 Å². The number of carbonyl (C=O) groups excluding carboxylic acids is 1. The van der Waals surface area contributed by atoms with Crippen molar-refractivity contribution < 1.29 is 20.1 Å². The Bertz CT molecular complexity index is 354. The lowest BCUT2D eigenvalue weighted by Crippen LogP contribution is -2.36. The number of phenolic OH excluding ortho intramolecular Hbond substituents is 2. The Morgan fingerprint density at radius 2 is 1.88 bits per heavy atom. The number of hydrogen-bond donors (Lipinski definition) is 4. The summed E-state index contributed by atoms with van der Waals surface area (Å²) < 4.78 is 0. The quantitative estimate of drug-likeness (QED) is 0.604. The molecule has 1 atom stereocenters. The monoisotopic (exact) mass is 225 g/mol. The lowest BCUT2D eigenvalue weighted by Gasteiger charge is -2.14. The van der Waals surface area contributed by atoms with Gasteiger partial charge in [0.25, 0.3) is 5.91 Å². The van der Waals surface area contributed by atoms with E-state index in [0.29, 0.717) is 6.42 Å². The van der Waals surface area contributed by atoms with Crippen molar-refractivity contribution in [2.45, 2.75) is 19.4 Å². The maximum atomic E-state index is 11.6. The molecular formula is C11H15NO4. The average molecular weight is 225 g/mol. The number of amides is 1. The molecule has 0 saturated carbocycles. The zero-order valence-electron chi connectivity index (χ0n) is 8.97. The fraction of sp³-hybridized carbons (Fsp3) is 0.364. The topological polar surface area (TPSA) is 89.8 Å². The largest absolute Gasteiger partial charge is 0.508 e. The van der Waals surface area contributed by atoms with Gasteiger partial charge in [-0.15, -0.1) is 0 Å². The fourth-order valence-corrected chi connectivity index (χ4v) is 1.27. The molecule has 88 valence electrons. The first-order chi connectivity index (χ1) is 7.56. The highest BCUT2D eigenvalue weighted by atomic mass is 16.3. The Hall–Kier alpha value is -1.75. The second-order valence-electron chi connectivity index (χ2n) is 3.50. The van der Waals surface area contributed by atoms with Gasteiger partial charge in [0, 0.05) is 11.6 Å². The lowest BCUT2D eigenvalue weighted by molar-refractivity contribution is 0.0914. The van der Waals surface area contributed by atoms with Crippen LogP contribution >= 0.6 is 0 Å². The molecule has 0 radical (unpaired) electrons. The van der Waals surface area contributed by atoms with E-state index in [1.807, 2.05) is 6.92 Å². The summed E-state index contributed by atoms with van der Waals surface area (Å²) in [5.41, 5.74) is 0.157. The van der Waals surface area contributed by atoms with Gasteiger partial charge >= 0.3 is 0 Å². The summed E-state index contributed by atoms with van der Waals surface area (Å²) in [6, 6.07) is 3.32. The fourth-order valence-electron chi connectivity index (χ4n) is 1.27. The van der Waals surface area contributed by atoms with Crippen molar-refractivity contribution in [2.24, 2.45) is 0 Å². The number of phenols is 2. The van der Waals surface area contributed by atoms with E-state index < -0.39 is 5.91 Å². The third-order valence-corrected chi connectivity index (χ3v) is 2.21. The molecule has 0 unspecified atom stereocenters. The minimum Gasteiger partial charge on any atom is -0.508 e. The number of carbonyl (C=O) groups is 1. The molecular weight excluding hydrogens is 210 g/mol. The molecule has 0 saturated heterocycles. The van der Waals surface area contributed by atoms with Gasteiger partial charge in [-0.25, -0.2) is 0 Å². The molecule has 0 aromatic heterocycles. The SMILES string of the molecule is CC[C@@H](CO)NC(=O)c1cc(O)cc(O)c1. The third kappa shape index (κ3) is 3.13. The summed E-state index contributed by atoms with van der Waals surface area (Å²) in [4.78, 5) is 11.6. The van der Waals surface area contributed by atoms with Crippen LogP contribution in [-0.4, -0.2) is 33.9 Å². The normalized spacial score (nSPS) is 12.1. The molecule has 0 heterocycles. The Balaban J connectivity index is 2.80. The lowest BCUT2D eigenvalue weighted by atomic mass is 10.1.